The molecule has 6 nitrogen and oxygen atoms in total. The Kier molecular flexibility index (Phi) is 12.7. The Morgan fingerprint density at radius 2 is 2.12 bits per heavy atom. The molecule has 0 saturated carbocycles. The highest BCUT2D eigenvalue weighted by Gasteiger charge is 2.20. The molecule has 1 amide bonds. The van der Waals surface area contributed by atoms with Crippen molar-refractivity contribution in [3.05, 3.63) is 28.8 Å². The third kappa shape index (κ3) is 9.41. The van der Waals surface area contributed by atoms with Crippen LogP contribution in [-0.2, 0) is 25.5 Å². The van der Waals surface area contributed by atoms with Gasteiger partial charge in [-0.3, -0.25) is 4.79 Å². The molecule has 1 heterocycles. The summed E-state index contributed by atoms with van der Waals surface area (Å²) in [6.07, 6.45) is 4.83. The van der Waals surface area contributed by atoms with Gasteiger partial charge in [0, 0.05) is 37.5 Å². The van der Waals surface area contributed by atoms with E-state index in [-0.39, 0.29) is 5.91 Å². The first-order valence-corrected chi connectivity index (χ1v) is 13.8. The summed E-state index contributed by atoms with van der Waals surface area (Å²) in [5.74, 6) is 1.54. The number of carbonyl (C=O) groups excluding carboxylic acids is 2. The summed E-state index contributed by atoms with van der Waals surface area (Å²) >= 11 is 6.35. The Balaban J connectivity index is 1.71. The minimum Gasteiger partial charge on any atom is -0.490 e. The molecule has 1 aromatic carbocycles. The summed E-state index contributed by atoms with van der Waals surface area (Å²) in [6, 6.07) is 5.40. The molecule has 0 spiro atoms. The zero-order valence-electron chi connectivity index (χ0n) is 19.1. The molecule has 2 rings (SSSR count). The van der Waals surface area contributed by atoms with Crippen molar-refractivity contribution in [3.63, 3.8) is 0 Å². The summed E-state index contributed by atoms with van der Waals surface area (Å²) in [7, 11) is 7.10. The van der Waals surface area contributed by atoms with Gasteiger partial charge in [0.05, 0.1) is 18.7 Å². The fourth-order valence-electron chi connectivity index (χ4n) is 3.37. The molecule has 0 aromatic heterocycles. The van der Waals surface area contributed by atoms with E-state index in [9.17, 15) is 9.59 Å². The molecule has 32 heavy (non-hydrogen) atoms. The number of carbonyl (C=O) groups is 2. The molecule has 0 radical (unpaired) electrons. The van der Waals surface area contributed by atoms with Crippen LogP contribution >= 0.6 is 33.2 Å². The first kappa shape index (κ1) is 27.2. The number of benzene rings is 1. The molecular formula is C23H34ClNO5S2. The second kappa shape index (κ2) is 14.9. The van der Waals surface area contributed by atoms with Crippen LogP contribution in [0.2, 0.25) is 5.02 Å². The molecular weight excluding hydrogens is 470 g/mol. The fourth-order valence-corrected chi connectivity index (χ4v) is 6.65. The average molecular weight is 504 g/mol. The molecule has 0 N–H and O–H groups in total. The molecule has 0 aliphatic carbocycles. The Hall–Kier alpha value is -1.09. The van der Waals surface area contributed by atoms with Crippen LogP contribution in [0.5, 0.6) is 5.75 Å². The molecule has 1 saturated heterocycles. The highest BCUT2D eigenvalue weighted by Crippen LogP contribution is 2.39. The van der Waals surface area contributed by atoms with E-state index in [0.717, 1.165) is 23.7 Å². The standard InChI is InChI=1S/C23H34ClNO5S2/c1-4-29-21(23(27)28-3)16-17-9-10-20(19(24)15-17)30-13-12-25(2)22(26)8-6-5-7-18-11-14-31-32-18/h9-10,15,18,21H,4-8,11-14,16H2,1-3H3. The van der Waals surface area contributed by atoms with Crippen LogP contribution in [-0.4, -0.2) is 67.8 Å². The van der Waals surface area contributed by atoms with Crippen LogP contribution in [0.3, 0.4) is 0 Å². The number of nitrogens with zero attached hydrogens (tertiary/aromatic N) is 1. The lowest BCUT2D eigenvalue weighted by Crippen LogP contribution is -2.30. The van der Waals surface area contributed by atoms with E-state index >= 15 is 0 Å². The van der Waals surface area contributed by atoms with Crippen molar-refractivity contribution in [2.24, 2.45) is 0 Å². The average Bonchev–Trinajstić information content (AvgIpc) is 3.30. The minimum atomic E-state index is -0.664. The Morgan fingerprint density at radius 1 is 1.31 bits per heavy atom. The van der Waals surface area contributed by atoms with Crippen LogP contribution in [0.25, 0.3) is 0 Å². The van der Waals surface area contributed by atoms with Gasteiger partial charge >= 0.3 is 5.97 Å². The van der Waals surface area contributed by atoms with E-state index < -0.39 is 12.1 Å². The maximum absolute atomic E-state index is 12.3. The largest absolute Gasteiger partial charge is 0.490 e. The lowest BCUT2D eigenvalue weighted by Gasteiger charge is -2.18. The number of likely N-dealkylation sites (N-methyl/N-ethyl adjacent to an activating group) is 1. The number of rotatable bonds is 14. The topological polar surface area (TPSA) is 65.1 Å². The lowest BCUT2D eigenvalue weighted by molar-refractivity contribution is -0.153. The SMILES string of the molecule is CCOC(Cc1ccc(OCCN(C)C(=O)CCCCC2CCSS2)c(Cl)c1)C(=O)OC. The molecule has 0 bridgehead atoms. The Labute approximate surface area is 204 Å². The van der Waals surface area contributed by atoms with E-state index in [1.807, 2.05) is 34.6 Å². The monoisotopic (exact) mass is 503 g/mol. The number of methoxy groups -OCH3 is 1. The normalized spacial score (nSPS) is 16.6. The van der Waals surface area contributed by atoms with Crippen LogP contribution < -0.4 is 4.74 Å². The van der Waals surface area contributed by atoms with Crippen molar-refractivity contribution in [2.75, 3.05) is 39.7 Å². The first-order chi connectivity index (χ1) is 15.4. The van der Waals surface area contributed by atoms with Crippen molar-refractivity contribution >= 4 is 45.1 Å². The third-order valence-corrected chi connectivity index (χ3v) is 8.56. The van der Waals surface area contributed by atoms with E-state index in [1.165, 1.54) is 25.7 Å². The summed E-state index contributed by atoms with van der Waals surface area (Å²) in [4.78, 5) is 25.9. The van der Waals surface area contributed by atoms with E-state index in [2.05, 4.69) is 0 Å². The van der Waals surface area contributed by atoms with Crippen molar-refractivity contribution < 1.29 is 23.8 Å². The molecule has 9 heteroatoms. The molecule has 1 aliphatic rings. The van der Waals surface area contributed by atoms with Crippen LogP contribution in [0.4, 0.5) is 0 Å². The second-order valence-electron chi connectivity index (χ2n) is 7.67. The highest BCUT2D eigenvalue weighted by molar-refractivity contribution is 8.77. The van der Waals surface area contributed by atoms with Crippen molar-refractivity contribution in [1.82, 2.24) is 4.90 Å². The fraction of sp³-hybridized carbons (Fsp3) is 0.652. The number of ether oxygens (including phenoxy) is 3. The maximum atomic E-state index is 12.3. The van der Waals surface area contributed by atoms with Gasteiger partial charge in [-0.05, 0) is 43.9 Å². The molecule has 1 fully saturated rings. The quantitative estimate of drug-likeness (QED) is 0.201. The lowest BCUT2D eigenvalue weighted by atomic mass is 10.1. The molecule has 1 aliphatic heterocycles. The van der Waals surface area contributed by atoms with Crippen LogP contribution in [0, 0.1) is 0 Å². The number of unbranched alkanes of at least 4 members (excludes halogenated alkanes) is 1. The summed E-state index contributed by atoms with van der Waals surface area (Å²) in [5, 5.41) is 1.22. The molecule has 1 aromatic rings. The molecule has 2 atom stereocenters. The van der Waals surface area contributed by atoms with Crippen LogP contribution in [0.1, 0.15) is 44.6 Å². The Bertz CT molecular complexity index is 730. The predicted octanol–water partition coefficient (Wildman–Crippen LogP) is 5.01. The minimum absolute atomic E-state index is 0.147. The molecule has 180 valence electrons. The number of esters is 1. The summed E-state index contributed by atoms with van der Waals surface area (Å²) in [5.41, 5.74) is 0.855. The van der Waals surface area contributed by atoms with Crippen molar-refractivity contribution in [1.29, 1.82) is 0 Å². The van der Waals surface area contributed by atoms with E-state index in [1.54, 1.807) is 24.1 Å². The second-order valence-corrected chi connectivity index (χ2v) is 10.9. The number of hydrogen-bond donors (Lipinski definition) is 0. The smallest absolute Gasteiger partial charge is 0.335 e. The number of amides is 1. The zero-order valence-corrected chi connectivity index (χ0v) is 21.5. The van der Waals surface area contributed by atoms with Gasteiger partial charge in [0.1, 0.15) is 12.4 Å². The van der Waals surface area contributed by atoms with Crippen LogP contribution in [0.15, 0.2) is 18.2 Å². The van der Waals surface area contributed by atoms with Gasteiger partial charge in [-0.1, -0.05) is 45.7 Å². The van der Waals surface area contributed by atoms with E-state index in [0.29, 0.717) is 43.4 Å². The van der Waals surface area contributed by atoms with Gasteiger partial charge in [0.25, 0.3) is 0 Å². The van der Waals surface area contributed by atoms with Crippen molar-refractivity contribution in [2.45, 2.75) is 56.8 Å². The Morgan fingerprint density at radius 3 is 2.78 bits per heavy atom. The van der Waals surface area contributed by atoms with Gasteiger partial charge in [0.2, 0.25) is 5.91 Å². The summed E-state index contributed by atoms with van der Waals surface area (Å²) < 4.78 is 16.0. The van der Waals surface area contributed by atoms with E-state index in [4.69, 9.17) is 25.8 Å². The highest BCUT2D eigenvalue weighted by atomic mass is 35.5. The molecule has 2 unspecified atom stereocenters. The first-order valence-electron chi connectivity index (χ1n) is 11.1. The van der Waals surface area contributed by atoms with Gasteiger partial charge in [-0.25, -0.2) is 4.79 Å². The maximum Gasteiger partial charge on any atom is 0.335 e. The number of hydrogen-bond acceptors (Lipinski definition) is 7. The van der Waals surface area contributed by atoms with Gasteiger partial charge in [-0.2, -0.15) is 0 Å². The van der Waals surface area contributed by atoms with Gasteiger partial charge in [0.15, 0.2) is 6.10 Å². The van der Waals surface area contributed by atoms with Gasteiger partial charge in [-0.15, -0.1) is 0 Å². The van der Waals surface area contributed by atoms with Gasteiger partial charge < -0.3 is 19.1 Å². The third-order valence-electron chi connectivity index (χ3n) is 5.25. The predicted molar refractivity (Wildman–Crippen MR) is 133 cm³/mol. The summed E-state index contributed by atoms with van der Waals surface area (Å²) in [6.45, 7) is 3.11. The number of halogens is 1. The zero-order chi connectivity index (χ0) is 23.3. The van der Waals surface area contributed by atoms with Crippen molar-refractivity contribution in [3.8, 4) is 5.75 Å².